The predicted octanol–water partition coefficient (Wildman–Crippen LogP) is 3.36. The first kappa shape index (κ1) is 14.8. The fraction of sp³-hybridized carbons (Fsp3) is 0.625. The molecule has 1 heterocycles. The Labute approximate surface area is 120 Å². The number of carboxylic acid groups (broad SMARTS) is 1. The molecule has 1 N–H and O–H groups in total. The SMILES string of the molecule is CCCc1cc(C(=O)O)cc(N(CCC)CC2CC2)n1. The summed E-state index contributed by atoms with van der Waals surface area (Å²) in [6.07, 6.45) is 5.44. The van der Waals surface area contributed by atoms with E-state index in [9.17, 15) is 9.90 Å². The highest BCUT2D eigenvalue weighted by molar-refractivity contribution is 5.88. The van der Waals surface area contributed by atoms with Crippen molar-refractivity contribution in [2.75, 3.05) is 18.0 Å². The van der Waals surface area contributed by atoms with E-state index < -0.39 is 5.97 Å². The zero-order valence-corrected chi connectivity index (χ0v) is 12.4. The summed E-state index contributed by atoms with van der Waals surface area (Å²) in [7, 11) is 0. The minimum atomic E-state index is -0.867. The van der Waals surface area contributed by atoms with E-state index in [2.05, 4.69) is 23.7 Å². The highest BCUT2D eigenvalue weighted by Gasteiger charge is 2.25. The van der Waals surface area contributed by atoms with Crippen LogP contribution in [0, 0.1) is 5.92 Å². The number of aromatic carboxylic acids is 1. The molecule has 0 saturated heterocycles. The smallest absolute Gasteiger partial charge is 0.335 e. The lowest BCUT2D eigenvalue weighted by atomic mass is 10.1. The molecule has 0 atom stereocenters. The van der Waals surface area contributed by atoms with Crippen LogP contribution in [0.4, 0.5) is 5.82 Å². The van der Waals surface area contributed by atoms with Crippen LogP contribution in [0.1, 0.15) is 55.6 Å². The van der Waals surface area contributed by atoms with Gasteiger partial charge in [-0.1, -0.05) is 20.3 Å². The zero-order valence-electron chi connectivity index (χ0n) is 12.4. The maximum absolute atomic E-state index is 11.3. The summed E-state index contributed by atoms with van der Waals surface area (Å²) in [4.78, 5) is 18.2. The minimum absolute atomic E-state index is 0.357. The van der Waals surface area contributed by atoms with Gasteiger partial charge in [0, 0.05) is 18.8 Å². The Morgan fingerprint density at radius 2 is 2.10 bits per heavy atom. The quantitative estimate of drug-likeness (QED) is 0.791. The lowest BCUT2D eigenvalue weighted by Crippen LogP contribution is -2.28. The maximum Gasteiger partial charge on any atom is 0.335 e. The van der Waals surface area contributed by atoms with Gasteiger partial charge in [-0.05, 0) is 43.7 Å². The summed E-state index contributed by atoms with van der Waals surface area (Å²) in [6, 6.07) is 3.43. The van der Waals surface area contributed by atoms with Crippen molar-refractivity contribution >= 4 is 11.8 Å². The molecule has 20 heavy (non-hydrogen) atoms. The monoisotopic (exact) mass is 276 g/mol. The van der Waals surface area contributed by atoms with E-state index in [1.807, 2.05) is 0 Å². The molecular weight excluding hydrogens is 252 g/mol. The van der Waals surface area contributed by atoms with Gasteiger partial charge in [0.2, 0.25) is 0 Å². The van der Waals surface area contributed by atoms with Gasteiger partial charge in [-0.25, -0.2) is 9.78 Å². The molecule has 0 aliphatic heterocycles. The molecule has 0 amide bonds. The van der Waals surface area contributed by atoms with Crippen LogP contribution in [-0.4, -0.2) is 29.1 Å². The van der Waals surface area contributed by atoms with Crippen molar-refractivity contribution in [1.82, 2.24) is 4.98 Å². The van der Waals surface area contributed by atoms with Crippen LogP contribution in [0.25, 0.3) is 0 Å². The number of aromatic nitrogens is 1. The summed E-state index contributed by atoms with van der Waals surface area (Å²) in [5.41, 5.74) is 1.25. The Morgan fingerprint density at radius 3 is 2.65 bits per heavy atom. The van der Waals surface area contributed by atoms with Gasteiger partial charge >= 0.3 is 5.97 Å². The molecule has 4 heteroatoms. The van der Waals surface area contributed by atoms with Crippen molar-refractivity contribution in [1.29, 1.82) is 0 Å². The molecule has 0 radical (unpaired) electrons. The van der Waals surface area contributed by atoms with E-state index in [1.165, 1.54) is 12.8 Å². The van der Waals surface area contributed by atoms with Crippen molar-refractivity contribution in [3.8, 4) is 0 Å². The number of hydrogen-bond donors (Lipinski definition) is 1. The van der Waals surface area contributed by atoms with Crippen molar-refractivity contribution in [3.05, 3.63) is 23.4 Å². The molecule has 0 bridgehead atoms. The van der Waals surface area contributed by atoms with Crippen LogP contribution in [-0.2, 0) is 6.42 Å². The van der Waals surface area contributed by atoms with E-state index in [1.54, 1.807) is 12.1 Å². The zero-order chi connectivity index (χ0) is 14.5. The summed E-state index contributed by atoms with van der Waals surface area (Å²) in [6.45, 7) is 6.18. The first-order valence-corrected chi connectivity index (χ1v) is 7.63. The Morgan fingerprint density at radius 1 is 1.35 bits per heavy atom. The van der Waals surface area contributed by atoms with Crippen LogP contribution in [0.3, 0.4) is 0 Å². The lowest BCUT2D eigenvalue weighted by molar-refractivity contribution is 0.0696. The first-order valence-electron chi connectivity index (χ1n) is 7.63. The Bertz CT molecular complexity index is 470. The largest absolute Gasteiger partial charge is 0.478 e. The summed E-state index contributed by atoms with van der Waals surface area (Å²) in [5, 5.41) is 9.26. The molecule has 1 aliphatic carbocycles. The fourth-order valence-corrected chi connectivity index (χ4v) is 2.42. The van der Waals surface area contributed by atoms with E-state index in [-0.39, 0.29) is 0 Å². The standard InChI is InChI=1S/C16H24N2O2/c1-3-5-14-9-13(16(19)20)10-15(17-14)18(8-4-2)11-12-6-7-12/h9-10,12H,3-8,11H2,1-2H3,(H,19,20). The van der Waals surface area contributed by atoms with Crippen LogP contribution in [0.2, 0.25) is 0 Å². The van der Waals surface area contributed by atoms with Crippen molar-refractivity contribution in [3.63, 3.8) is 0 Å². The third kappa shape index (κ3) is 3.95. The molecule has 2 rings (SSSR count). The van der Waals surface area contributed by atoms with E-state index in [0.29, 0.717) is 5.56 Å². The summed E-state index contributed by atoms with van der Waals surface area (Å²) >= 11 is 0. The second kappa shape index (κ2) is 6.73. The second-order valence-corrected chi connectivity index (χ2v) is 5.65. The lowest BCUT2D eigenvalue weighted by Gasteiger charge is -2.24. The molecule has 0 unspecified atom stereocenters. The van der Waals surface area contributed by atoms with Gasteiger partial charge in [0.05, 0.1) is 5.56 Å². The molecular formula is C16H24N2O2. The second-order valence-electron chi connectivity index (χ2n) is 5.65. The van der Waals surface area contributed by atoms with E-state index in [4.69, 9.17) is 0 Å². The maximum atomic E-state index is 11.3. The van der Waals surface area contributed by atoms with Crippen LogP contribution >= 0.6 is 0 Å². The van der Waals surface area contributed by atoms with Gasteiger partial charge in [0.1, 0.15) is 5.82 Å². The van der Waals surface area contributed by atoms with Gasteiger partial charge in [0.15, 0.2) is 0 Å². The average Bonchev–Trinajstić information content (AvgIpc) is 3.22. The molecule has 0 aromatic carbocycles. The van der Waals surface area contributed by atoms with Crippen molar-refractivity contribution in [2.24, 2.45) is 5.92 Å². The normalized spacial score (nSPS) is 14.3. The average molecular weight is 276 g/mol. The van der Waals surface area contributed by atoms with Crippen molar-refractivity contribution < 1.29 is 9.90 Å². The first-order chi connectivity index (χ1) is 9.63. The van der Waals surface area contributed by atoms with Gasteiger partial charge in [-0.3, -0.25) is 0 Å². The van der Waals surface area contributed by atoms with Gasteiger partial charge in [-0.15, -0.1) is 0 Å². The van der Waals surface area contributed by atoms with Crippen LogP contribution in [0.5, 0.6) is 0 Å². The highest BCUT2D eigenvalue weighted by Crippen LogP contribution is 2.31. The molecule has 1 saturated carbocycles. The summed E-state index contributed by atoms with van der Waals surface area (Å²) < 4.78 is 0. The highest BCUT2D eigenvalue weighted by atomic mass is 16.4. The number of nitrogens with zero attached hydrogens (tertiary/aromatic N) is 2. The Kier molecular flexibility index (Phi) is 4.99. The number of hydrogen-bond acceptors (Lipinski definition) is 3. The molecule has 0 spiro atoms. The Hall–Kier alpha value is -1.58. The topological polar surface area (TPSA) is 53.4 Å². The third-order valence-electron chi connectivity index (χ3n) is 3.61. The van der Waals surface area contributed by atoms with Gasteiger partial charge in [0.25, 0.3) is 0 Å². The minimum Gasteiger partial charge on any atom is -0.478 e. The summed E-state index contributed by atoms with van der Waals surface area (Å²) in [5.74, 6) is 0.738. The number of pyridine rings is 1. The van der Waals surface area contributed by atoms with Crippen LogP contribution in [0.15, 0.2) is 12.1 Å². The fourth-order valence-electron chi connectivity index (χ4n) is 2.42. The number of carboxylic acids is 1. The van der Waals surface area contributed by atoms with Gasteiger partial charge in [-0.2, -0.15) is 0 Å². The van der Waals surface area contributed by atoms with Crippen molar-refractivity contribution in [2.45, 2.75) is 46.0 Å². The molecule has 1 aromatic heterocycles. The molecule has 1 aromatic rings. The Balaban J connectivity index is 2.27. The molecule has 1 aliphatic rings. The molecule has 110 valence electrons. The number of aryl methyl sites for hydroxylation is 1. The molecule has 1 fully saturated rings. The number of anilines is 1. The van der Waals surface area contributed by atoms with E-state index >= 15 is 0 Å². The van der Waals surface area contributed by atoms with Gasteiger partial charge < -0.3 is 10.0 Å². The number of rotatable bonds is 8. The van der Waals surface area contributed by atoms with Crippen LogP contribution < -0.4 is 4.90 Å². The third-order valence-corrected chi connectivity index (χ3v) is 3.61. The predicted molar refractivity (Wildman–Crippen MR) is 80.4 cm³/mol. The van der Waals surface area contributed by atoms with E-state index in [0.717, 1.165) is 49.8 Å². The number of carbonyl (C=O) groups is 1. The molecule has 4 nitrogen and oxygen atoms in total.